The van der Waals surface area contributed by atoms with Gasteiger partial charge in [-0.25, -0.2) is 0 Å². The van der Waals surface area contributed by atoms with Gasteiger partial charge >= 0.3 is 0 Å². The van der Waals surface area contributed by atoms with Crippen molar-refractivity contribution in [3.8, 4) is 0 Å². The zero-order valence-electron chi connectivity index (χ0n) is 13.4. The lowest BCUT2D eigenvalue weighted by atomic mass is 10.1. The van der Waals surface area contributed by atoms with Crippen molar-refractivity contribution < 1.29 is 4.79 Å². The predicted molar refractivity (Wildman–Crippen MR) is 94.5 cm³/mol. The maximum absolute atomic E-state index is 12.1. The molecule has 5 nitrogen and oxygen atoms in total. The van der Waals surface area contributed by atoms with Gasteiger partial charge < -0.3 is 9.88 Å². The van der Waals surface area contributed by atoms with E-state index in [0.29, 0.717) is 28.6 Å². The molecule has 0 fully saturated rings. The zero-order valence-corrected chi connectivity index (χ0v) is 14.9. The Hall–Kier alpha value is -1.59. The molecule has 1 aromatic carbocycles. The number of halogens is 2. The van der Waals surface area contributed by atoms with Crippen molar-refractivity contribution in [2.24, 2.45) is 0 Å². The Kier molecular flexibility index (Phi) is 5.74. The Morgan fingerprint density at radius 2 is 1.96 bits per heavy atom. The van der Waals surface area contributed by atoms with Gasteiger partial charge in [-0.1, -0.05) is 35.7 Å². The standard InChI is InChI=1S/C17H20Cl2N4O/c18-13-5-4-6-14(19)12(13)11-17(24)20-9-8-16-22-21-15-7-2-1-3-10-23(15)16/h4-6H,1-3,7-11H2,(H,20,24). The first-order valence-electron chi connectivity index (χ1n) is 8.25. The van der Waals surface area contributed by atoms with Gasteiger partial charge in [-0.15, -0.1) is 10.2 Å². The second kappa shape index (κ2) is 7.99. The first kappa shape index (κ1) is 17.2. The summed E-state index contributed by atoms with van der Waals surface area (Å²) in [6.07, 6.45) is 5.41. The fraction of sp³-hybridized carbons (Fsp3) is 0.471. The van der Waals surface area contributed by atoms with E-state index in [-0.39, 0.29) is 12.3 Å². The van der Waals surface area contributed by atoms with E-state index in [1.54, 1.807) is 18.2 Å². The van der Waals surface area contributed by atoms with Crippen molar-refractivity contribution in [2.45, 2.75) is 45.1 Å². The van der Waals surface area contributed by atoms with Crippen molar-refractivity contribution in [3.63, 3.8) is 0 Å². The van der Waals surface area contributed by atoms with Crippen LogP contribution in [0.25, 0.3) is 0 Å². The van der Waals surface area contributed by atoms with E-state index in [9.17, 15) is 4.79 Å². The molecule has 0 saturated heterocycles. The van der Waals surface area contributed by atoms with Crippen LogP contribution < -0.4 is 5.32 Å². The highest BCUT2D eigenvalue weighted by atomic mass is 35.5. The SMILES string of the molecule is O=C(Cc1c(Cl)cccc1Cl)NCCc1nnc2n1CCCCC2. The van der Waals surface area contributed by atoms with E-state index in [0.717, 1.165) is 31.0 Å². The van der Waals surface area contributed by atoms with Crippen molar-refractivity contribution >= 4 is 29.1 Å². The van der Waals surface area contributed by atoms with E-state index >= 15 is 0 Å². The molecule has 1 aliphatic heterocycles. The molecule has 0 bridgehead atoms. The van der Waals surface area contributed by atoms with Crippen LogP contribution >= 0.6 is 23.2 Å². The number of amides is 1. The van der Waals surface area contributed by atoms with Crippen LogP contribution in [0, 0.1) is 0 Å². The third-order valence-electron chi connectivity index (χ3n) is 4.26. The van der Waals surface area contributed by atoms with Gasteiger partial charge in [-0.05, 0) is 30.5 Å². The Labute approximate surface area is 151 Å². The fourth-order valence-electron chi connectivity index (χ4n) is 2.97. The summed E-state index contributed by atoms with van der Waals surface area (Å²) < 4.78 is 2.20. The van der Waals surface area contributed by atoms with E-state index in [2.05, 4.69) is 20.1 Å². The molecule has 0 radical (unpaired) electrons. The Morgan fingerprint density at radius 1 is 1.17 bits per heavy atom. The normalized spacial score (nSPS) is 14.1. The second-order valence-corrected chi connectivity index (χ2v) is 6.79. The molecule has 3 rings (SSSR count). The van der Waals surface area contributed by atoms with Crippen LogP contribution in [0.1, 0.15) is 36.5 Å². The molecule has 1 amide bonds. The molecule has 7 heteroatoms. The smallest absolute Gasteiger partial charge is 0.224 e. The quantitative estimate of drug-likeness (QED) is 0.883. The van der Waals surface area contributed by atoms with Crippen LogP contribution in [0.15, 0.2) is 18.2 Å². The highest BCUT2D eigenvalue weighted by Crippen LogP contribution is 2.24. The maximum atomic E-state index is 12.1. The molecular weight excluding hydrogens is 347 g/mol. The lowest BCUT2D eigenvalue weighted by Crippen LogP contribution is -2.28. The van der Waals surface area contributed by atoms with Gasteiger partial charge in [0.2, 0.25) is 5.91 Å². The number of hydrogen-bond acceptors (Lipinski definition) is 3. The Morgan fingerprint density at radius 3 is 2.75 bits per heavy atom. The van der Waals surface area contributed by atoms with Crippen LogP contribution in [-0.2, 0) is 30.6 Å². The summed E-state index contributed by atoms with van der Waals surface area (Å²) in [7, 11) is 0. The number of nitrogens with zero attached hydrogens (tertiary/aromatic N) is 3. The molecule has 1 aliphatic rings. The number of aryl methyl sites for hydroxylation is 1. The summed E-state index contributed by atoms with van der Waals surface area (Å²) in [5.41, 5.74) is 0.662. The van der Waals surface area contributed by atoms with E-state index in [4.69, 9.17) is 23.2 Å². The number of benzene rings is 1. The van der Waals surface area contributed by atoms with E-state index < -0.39 is 0 Å². The monoisotopic (exact) mass is 366 g/mol. The summed E-state index contributed by atoms with van der Waals surface area (Å²) >= 11 is 12.2. The van der Waals surface area contributed by atoms with E-state index in [1.165, 1.54) is 12.8 Å². The van der Waals surface area contributed by atoms with Gasteiger partial charge in [-0.2, -0.15) is 0 Å². The molecule has 0 spiro atoms. The van der Waals surface area contributed by atoms with Gasteiger partial charge in [0.05, 0.1) is 6.42 Å². The third-order valence-corrected chi connectivity index (χ3v) is 4.96. The molecule has 0 aliphatic carbocycles. The number of carbonyl (C=O) groups excluding carboxylic acids is 1. The predicted octanol–water partition coefficient (Wildman–Crippen LogP) is 3.21. The number of nitrogens with one attached hydrogen (secondary N) is 1. The van der Waals surface area contributed by atoms with E-state index in [1.807, 2.05) is 0 Å². The number of fused-ring (bicyclic) bond motifs is 1. The van der Waals surface area contributed by atoms with Crippen molar-refractivity contribution in [3.05, 3.63) is 45.5 Å². The fourth-order valence-corrected chi connectivity index (χ4v) is 3.50. The highest BCUT2D eigenvalue weighted by molar-refractivity contribution is 6.36. The second-order valence-electron chi connectivity index (χ2n) is 5.97. The summed E-state index contributed by atoms with van der Waals surface area (Å²) in [5, 5.41) is 12.5. The highest BCUT2D eigenvalue weighted by Gasteiger charge is 2.15. The molecule has 1 N–H and O–H groups in total. The Balaban J connectivity index is 1.53. The molecule has 128 valence electrons. The number of aromatic nitrogens is 3. The molecule has 2 heterocycles. The average Bonchev–Trinajstić information content (AvgIpc) is 2.79. The molecule has 0 saturated carbocycles. The summed E-state index contributed by atoms with van der Waals surface area (Å²) in [6.45, 7) is 1.50. The van der Waals surface area contributed by atoms with Gasteiger partial charge in [-0.3, -0.25) is 4.79 Å². The maximum Gasteiger partial charge on any atom is 0.224 e. The van der Waals surface area contributed by atoms with Gasteiger partial charge in [0.1, 0.15) is 11.6 Å². The molecule has 24 heavy (non-hydrogen) atoms. The minimum absolute atomic E-state index is 0.0967. The summed E-state index contributed by atoms with van der Waals surface area (Å²) in [4.78, 5) is 12.1. The third kappa shape index (κ3) is 4.08. The van der Waals surface area contributed by atoms with Gasteiger partial charge in [0, 0.05) is 36.0 Å². The lowest BCUT2D eigenvalue weighted by Gasteiger charge is -2.09. The van der Waals surface area contributed by atoms with Crippen molar-refractivity contribution in [1.82, 2.24) is 20.1 Å². The molecular formula is C17H20Cl2N4O. The number of hydrogen-bond donors (Lipinski definition) is 1. The topological polar surface area (TPSA) is 59.8 Å². The van der Waals surface area contributed by atoms with Gasteiger partial charge in [0.25, 0.3) is 0 Å². The molecule has 2 aromatic rings. The van der Waals surface area contributed by atoms with Crippen LogP contribution in [-0.4, -0.2) is 27.2 Å². The van der Waals surface area contributed by atoms with Crippen molar-refractivity contribution in [1.29, 1.82) is 0 Å². The summed E-state index contributed by atoms with van der Waals surface area (Å²) in [5.74, 6) is 1.92. The minimum atomic E-state index is -0.0967. The largest absolute Gasteiger partial charge is 0.355 e. The van der Waals surface area contributed by atoms with Crippen LogP contribution in [0.2, 0.25) is 10.0 Å². The Bertz CT molecular complexity index is 709. The van der Waals surface area contributed by atoms with Gasteiger partial charge in [0.15, 0.2) is 0 Å². The molecule has 0 atom stereocenters. The molecule has 0 unspecified atom stereocenters. The minimum Gasteiger partial charge on any atom is -0.355 e. The average molecular weight is 367 g/mol. The zero-order chi connectivity index (χ0) is 16.9. The first-order chi connectivity index (χ1) is 11.6. The van der Waals surface area contributed by atoms with Crippen LogP contribution in [0.5, 0.6) is 0 Å². The summed E-state index contributed by atoms with van der Waals surface area (Å²) in [6, 6.07) is 5.24. The van der Waals surface area contributed by atoms with Crippen LogP contribution in [0.4, 0.5) is 0 Å². The number of carbonyl (C=O) groups is 1. The van der Waals surface area contributed by atoms with Crippen molar-refractivity contribution in [2.75, 3.05) is 6.54 Å². The molecule has 1 aromatic heterocycles. The number of rotatable bonds is 5. The lowest BCUT2D eigenvalue weighted by molar-refractivity contribution is -0.120. The first-order valence-corrected chi connectivity index (χ1v) is 9.01. The van der Waals surface area contributed by atoms with Crippen LogP contribution in [0.3, 0.4) is 0 Å².